The van der Waals surface area contributed by atoms with Crippen LogP contribution in [0.1, 0.15) is 33.6 Å². The molecule has 0 rings (SSSR count). The lowest BCUT2D eigenvalue weighted by Crippen LogP contribution is -2.18. The minimum Gasteiger partial charge on any atom is -0.481 e. The number of carbonyl (C=O) groups excluding carboxylic acids is 1. The number of ether oxygens (including phenoxy) is 1. The molecule has 0 aliphatic heterocycles. The van der Waals surface area contributed by atoms with Crippen molar-refractivity contribution in [1.29, 1.82) is 0 Å². The fourth-order valence-corrected chi connectivity index (χ4v) is 0.477. The summed E-state index contributed by atoms with van der Waals surface area (Å²) in [5, 5.41) is 16.4. The molecule has 0 aromatic rings. The fraction of sp³-hybridized carbons (Fsp3) is 0.778. The van der Waals surface area contributed by atoms with Crippen LogP contribution >= 0.6 is 0 Å². The SMILES string of the molecule is CCCC(=O)O.CCOC(=O)C(C)O. The van der Waals surface area contributed by atoms with Crippen molar-refractivity contribution in [1.82, 2.24) is 0 Å². The van der Waals surface area contributed by atoms with Gasteiger partial charge < -0.3 is 14.9 Å². The van der Waals surface area contributed by atoms with Gasteiger partial charge in [-0.15, -0.1) is 0 Å². The lowest BCUT2D eigenvalue weighted by molar-refractivity contribution is -0.151. The Kier molecular flexibility index (Phi) is 11.0. The molecule has 14 heavy (non-hydrogen) atoms. The Morgan fingerprint density at radius 2 is 1.86 bits per heavy atom. The highest BCUT2D eigenvalue weighted by molar-refractivity contribution is 5.73. The first-order chi connectivity index (χ1) is 6.45. The van der Waals surface area contributed by atoms with Gasteiger partial charge in [0, 0.05) is 6.42 Å². The molecular formula is C9H18O5. The highest BCUT2D eigenvalue weighted by Gasteiger charge is 2.07. The van der Waals surface area contributed by atoms with Crippen molar-refractivity contribution in [2.45, 2.75) is 39.7 Å². The van der Waals surface area contributed by atoms with E-state index in [9.17, 15) is 9.59 Å². The lowest BCUT2D eigenvalue weighted by Gasteiger charge is -2.01. The van der Waals surface area contributed by atoms with Crippen LogP contribution in [0.25, 0.3) is 0 Å². The third-order valence-electron chi connectivity index (χ3n) is 1.09. The van der Waals surface area contributed by atoms with Crippen LogP contribution in [0.5, 0.6) is 0 Å². The summed E-state index contributed by atoms with van der Waals surface area (Å²) < 4.78 is 4.41. The van der Waals surface area contributed by atoms with E-state index in [1.165, 1.54) is 6.92 Å². The van der Waals surface area contributed by atoms with Crippen molar-refractivity contribution in [3.8, 4) is 0 Å². The summed E-state index contributed by atoms with van der Waals surface area (Å²) in [6.45, 7) is 5.23. The molecule has 0 bridgehead atoms. The second-order valence-corrected chi connectivity index (χ2v) is 2.57. The van der Waals surface area contributed by atoms with Gasteiger partial charge in [-0.05, 0) is 20.3 Å². The Morgan fingerprint density at radius 3 is 1.93 bits per heavy atom. The Bertz CT molecular complexity index is 165. The first-order valence-electron chi connectivity index (χ1n) is 4.52. The van der Waals surface area contributed by atoms with Crippen molar-refractivity contribution < 1.29 is 24.5 Å². The monoisotopic (exact) mass is 206 g/mol. The number of esters is 1. The van der Waals surface area contributed by atoms with E-state index >= 15 is 0 Å². The molecular weight excluding hydrogens is 188 g/mol. The van der Waals surface area contributed by atoms with E-state index in [0.717, 1.165) is 6.42 Å². The summed E-state index contributed by atoms with van der Waals surface area (Å²) in [4.78, 5) is 19.9. The number of aliphatic hydroxyl groups excluding tert-OH is 1. The molecule has 0 saturated carbocycles. The largest absolute Gasteiger partial charge is 0.481 e. The van der Waals surface area contributed by atoms with Gasteiger partial charge in [0.1, 0.15) is 6.10 Å². The van der Waals surface area contributed by atoms with Gasteiger partial charge in [-0.3, -0.25) is 4.79 Å². The van der Waals surface area contributed by atoms with Crippen LogP contribution in [-0.2, 0) is 14.3 Å². The number of rotatable bonds is 4. The van der Waals surface area contributed by atoms with Gasteiger partial charge in [-0.25, -0.2) is 4.79 Å². The molecule has 0 amide bonds. The standard InChI is InChI=1S/C5H10O3.C4H8O2/c1-3-8-5(7)4(2)6;1-2-3-4(5)6/h4,6H,3H2,1-2H3;2-3H2,1H3,(H,5,6). The second-order valence-electron chi connectivity index (χ2n) is 2.57. The molecule has 0 heterocycles. The molecule has 0 aromatic carbocycles. The van der Waals surface area contributed by atoms with Gasteiger partial charge in [-0.1, -0.05) is 6.92 Å². The average molecular weight is 206 g/mol. The molecule has 0 aliphatic rings. The van der Waals surface area contributed by atoms with Crippen LogP contribution in [0.4, 0.5) is 0 Å². The van der Waals surface area contributed by atoms with E-state index in [0.29, 0.717) is 13.0 Å². The van der Waals surface area contributed by atoms with E-state index in [2.05, 4.69) is 4.74 Å². The summed E-state index contributed by atoms with van der Waals surface area (Å²) >= 11 is 0. The number of hydrogen-bond donors (Lipinski definition) is 2. The molecule has 84 valence electrons. The van der Waals surface area contributed by atoms with Gasteiger partial charge in [0.15, 0.2) is 0 Å². The highest BCUT2D eigenvalue weighted by atomic mass is 16.5. The zero-order chi connectivity index (χ0) is 11.6. The van der Waals surface area contributed by atoms with Gasteiger partial charge in [0.05, 0.1) is 6.61 Å². The third kappa shape index (κ3) is 13.5. The zero-order valence-corrected chi connectivity index (χ0v) is 8.82. The number of aliphatic carboxylic acids is 1. The highest BCUT2D eigenvalue weighted by Crippen LogP contribution is 1.84. The van der Waals surface area contributed by atoms with E-state index in [1.807, 2.05) is 6.92 Å². The number of carboxylic acid groups (broad SMARTS) is 1. The van der Waals surface area contributed by atoms with Gasteiger partial charge in [-0.2, -0.15) is 0 Å². The molecule has 0 aliphatic carbocycles. The maximum absolute atomic E-state index is 10.3. The number of aliphatic hydroxyl groups is 1. The molecule has 0 spiro atoms. The van der Waals surface area contributed by atoms with Crippen LogP contribution in [0, 0.1) is 0 Å². The Balaban J connectivity index is 0. The van der Waals surface area contributed by atoms with Crippen LogP contribution in [-0.4, -0.2) is 34.9 Å². The zero-order valence-electron chi connectivity index (χ0n) is 8.82. The normalized spacial score (nSPS) is 10.9. The van der Waals surface area contributed by atoms with Crippen LogP contribution in [0.3, 0.4) is 0 Å². The lowest BCUT2D eigenvalue weighted by atomic mass is 10.4. The minimum atomic E-state index is -0.991. The predicted octanol–water partition coefficient (Wildman–Crippen LogP) is 0.801. The summed E-state index contributed by atoms with van der Waals surface area (Å²) in [5.41, 5.74) is 0. The fourth-order valence-electron chi connectivity index (χ4n) is 0.477. The minimum absolute atomic E-state index is 0.292. The molecule has 0 aromatic heterocycles. The van der Waals surface area contributed by atoms with E-state index in [4.69, 9.17) is 10.2 Å². The smallest absolute Gasteiger partial charge is 0.334 e. The van der Waals surface area contributed by atoms with E-state index in [-0.39, 0.29) is 0 Å². The first kappa shape index (κ1) is 15.4. The van der Waals surface area contributed by atoms with Crippen LogP contribution in [0.2, 0.25) is 0 Å². The van der Waals surface area contributed by atoms with Crippen LogP contribution in [0.15, 0.2) is 0 Å². The third-order valence-corrected chi connectivity index (χ3v) is 1.09. The van der Waals surface area contributed by atoms with E-state index < -0.39 is 18.0 Å². The van der Waals surface area contributed by atoms with Crippen molar-refractivity contribution in [2.24, 2.45) is 0 Å². The van der Waals surface area contributed by atoms with Crippen molar-refractivity contribution in [3.63, 3.8) is 0 Å². The molecule has 2 N–H and O–H groups in total. The average Bonchev–Trinajstić information content (AvgIpc) is 2.05. The molecule has 0 saturated heterocycles. The summed E-state index contributed by atoms with van der Waals surface area (Å²) in [5.74, 6) is -1.27. The Morgan fingerprint density at radius 1 is 1.36 bits per heavy atom. The molecule has 1 unspecified atom stereocenters. The van der Waals surface area contributed by atoms with Crippen molar-refractivity contribution >= 4 is 11.9 Å². The predicted molar refractivity (Wildman–Crippen MR) is 50.9 cm³/mol. The maximum Gasteiger partial charge on any atom is 0.334 e. The molecule has 1 atom stereocenters. The molecule has 0 radical (unpaired) electrons. The number of carbonyl (C=O) groups is 2. The van der Waals surface area contributed by atoms with E-state index in [1.54, 1.807) is 6.92 Å². The Labute approximate surface area is 83.7 Å². The number of hydrogen-bond acceptors (Lipinski definition) is 4. The van der Waals surface area contributed by atoms with Crippen molar-refractivity contribution in [3.05, 3.63) is 0 Å². The summed E-state index contributed by atoms with van der Waals surface area (Å²) in [6.07, 6.45) is 0.0324. The topological polar surface area (TPSA) is 83.8 Å². The van der Waals surface area contributed by atoms with Gasteiger partial charge in [0.2, 0.25) is 0 Å². The van der Waals surface area contributed by atoms with Gasteiger partial charge in [0.25, 0.3) is 0 Å². The molecule has 5 nitrogen and oxygen atoms in total. The second kappa shape index (κ2) is 9.98. The van der Waals surface area contributed by atoms with Crippen LogP contribution < -0.4 is 0 Å². The first-order valence-corrected chi connectivity index (χ1v) is 4.52. The number of carboxylic acids is 1. The Hall–Kier alpha value is -1.10. The summed E-state index contributed by atoms with van der Waals surface area (Å²) in [6, 6.07) is 0. The molecule has 5 heteroatoms. The molecule has 0 fully saturated rings. The van der Waals surface area contributed by atoms with Gasteiger partial charge >= 0.3 is 11.9 Å². The summed E-state index contributed by atoms with van der Waals surface area (Å²) in [7, 11) is 0. The maximum atomic E-state index is 10.3. The van der Waals surface area contributed by atoms with Crippen molar-refractivity contribution in [2.75, 3.05) is 6.61 Å². The quantitative estimate of drug-likeness (QED) is 0.665.